The summed E-state index contributed by atoms with van der Waals surface area (Å²) in [7, 11) is 1.58. The third-order valence-electron chi connectivity index (χ3n) is 2.42. The maximum atomic E-state index is 11.7. The SMILES string of the molecule is CC(C)CC(=O)N(C)C(CC(C)C)C(=O)O. The number of carbonyl (C=O) groups excluding carboxylic acids is 1. The number of carboxylic acid groups (broad SMARTS) is 1. The van der Waals surface area contributed by atoms with Crippen molar-refractivity contribution >= 4 is 11.9 Å². The largest absolute Gasteiger partial charge is 0.480 e. The van der Waals surface area contributed by atoms with Gasteiger partial charge in [-0.15, -0.1) is 0 Å². The lowest BCUT2D eigenvalue weighted by Gasteiger charge is -2.26. The first-order chi connectivity index (χ1) is 7.25. The summed E-state index contributed by atoms with van der Waals surface area (Å²) < 4.78 is 0. The number of carbonyl (C=O) groups is 2. The Labute approximate surface area is 97.6 Å². The molecule has 0 aliphatic carbocycles. The normalized spacial score (nSPS) is 12.9. The van der Waals surface area contributed by atoms with E-state index >= 15 is 0 Å². The van der Waals surface area contributed by atoms with Crippen molar-refractivity contribution in [2.45, 2.75) is 46.6 Å². The highest BCUT2D eigenvalue weighted by molar-refractivity contribution is 5.83. The van der Waals surface area contributed by atoms with Crippen LogP contribution in [0.4, 0.5) is 0 Å². The van der Waals surface area contributed by atoms with E-state index in [9.17, 15) is 9.59 Å². The van der Waals surface area contributed by atoms with Crippen LogP contribution in [0.15, 0.2) is 0 Å². The average molecular weight is 229 g/mol. The Bertz CT molecular complexity index is 249. The van der Waals surface area contributed by atoms with Crippen LogP contribution in [-0.2, 0) is 9.59 Å². The molecule has 0 aliphatic rings. The summed E-state index contributed by atoms with van der Waals surface area (Å²) in [4.78, 5) is 24.2. The van der Waals surface area contributed by atoms with Crippen molar-refractivity contribution in [1.29, 1.82) is 0 Å². The summed E-state index contributed by atoms with van der Waals surface area (Å²) in [5.74, 6) is -0.504. The second-order valence-electron chi connectivity index (χ2n) is 5.09. The minimum absolute atomic E-state index is 0.0944. The second-order valence-corrected chi connectivity index (χ2v) is 5.09. The first kappa shape index (κ1) is 14.9. The van der Waals surface area contributed by atoms with Crippen LogP contribution < -0.4 is 0 Å². The zero-order chi connectivity index (χ0) is 12.9. The van der Waals surface area contributed by atoms with E-state index in [1.165, 1.54) is 4.90 Å². The topological polar surface area (TPSA) is 57.6 Å². The molecule has 0 heterocycles. The number of amides is 1. The molecular formula is C12H23NO3. The fourth-order valence-electron chi connectivity index (χ4n) is 1.54. The molecule has 0 aromatic heterocycles. The Kier molecular flexibility index (Phi) is 6.08. The van der Waals surface area contributed by atoms with Gasteiger partial charge < -0.3 is 10.0 Å². The monoisotopic (exact) mass is 229 g/mol. The van der Waals surface area contributed by atoms with Crippen molar-refractivity contribution in [1.82, 2.24) is 4.90 Å². The smallest absolute Gasteiger partial charge is 0.326 e. The summed E-state index contributed by atoms with van der Waals surface area (Å²) in [6.45, 7) is 7.81. The zero-order valence-corrected chi connectivity index (χ0v) is 10.9. The molecule has 4 nitrogen and oxygen atoms in total. The molecule has 0 aliphatic heterocycles. The molecule has 0 aromatic carbocycles. The number of hydrogen-bond donors (Lipinski definition) is 1. The molecule has 0 bridgehead atoms. The molecule has 0 saturated heterocycles. The van der Waals surface area contributed by atoms with Gasteiger partial charge in [0.1, 0.15) is 6.04 Å². The van der Waals surface area contributed by atoms with Crippen LogP contribution in [0.3, 0.4) is 0 Å². The molecule has 0 rings (SSSR count). The summed E-state index contributed by atoms with van der Waals surface area (Å²) in [5, 5.41) is 9.08. The van der Waals surface area contributed by atoms with Crippen molar-refractivity contribution in [2.75, 3.05) is 7.05 Å². The van der Waals surface area contributed by atoms with Crippen molar-refractivity contribution in [3.63, 3.8) is 0 Å². The molecule has 1 atom stereocenters. The summed E-state index contributed by atoms with van der Waals surface area (Å²) in [5.41, 5.74) is 0. The van der Waals surface area contributed by atoms with Gasteiger partial charge in [0.2, 0.25) is 5.91 Å². The molecule has 1 unspecified atom stereocenters. The van der Waals surface area contributed by atoms with Crippen LogP contribution in [0, 0.1) is 11.8 Å². The molecule has 0 fully saturated rings. The molecule has 0 saturated carbocycles. The van der Waals surface area contributed by atoms with E-state index in [4.69, 9.17) is 5.11 Å². The summed E-state index contributed by atoms with van der Waals surface area (Å²) in [6.07, 6.45) is 0.897. The van der Waals surface area contributed by atoms with E-state index in [1.807, 2.05) is 27.7 Å². The minimum atomic E-state index is -0.923. The molecular weight excluding hydrogens is 206 g/mol. The van der Waals surface area contributed by atoms with Crippen LogP contribution in [0.2, 0.25) is 0 Å². The Morgan fingerprint density at radius 3 is 1.94 bits per heavy atom. The van der Waals surface area contributed by atoms with Gasteiger partial charge in [0.05, 0.1) is 0 Å². The third kappa shape index (κ3) is 5.14. The van der Waals surface area contributed by atoms with Gasteiger partial charge in [-0.05, 0) is 18.3 Å². The van der Waals surface area contributed by atoms with E-state index in [1.54, 1.807) is 7.05 Å². The van der Waals surface area contributed by atoms with Crippen LogP contribution in [-0.4, -0.2) is 35.0 Å². The highest BCUT2D eigenvalue weighted by Crippen LogP contribution is 2.13. The maximum absolute atomic E-state index is 11.7. The quantitative estimate of drug-likeness (QED) is 0.757. The van der Waals surface area contributed by atoms with Gasteiger partial charge in [-0.1, -0.05) is 27.7 Å². The van der Waals surface area contributed by atoms with Crippen LogP contribution >= 0.6 is 0 Å². The molecule has 94 valence electrons. The number of hydrogen-bond acceptors (Lipinski definition) is 2. The van der Waals surface area contributed by atoms with Gasteiger partial charge in [0.25, 0.3) is 0 Å². The van der Waals surface area contributed by atoms with Crippen molar-refractivity contribution in [3.05, 3.63) is 0 Å². The fourth-order valence-corrected chi connectivity index (χ4v) is 1.54. The Hall–Kier alpha value is -1.06. The zero-order valence-electron chi connectivity index (χ0n) is 10.9. The first-order valence-corrected chi connectivity index (χ1v) is 5.74. The molecule has 0 spiro atoms. The third-order valence-corrected chi connectivity index (χ3v) is 2.42. The molecule has 1 amide bonds. The Morgan fingerprint density at radius 2 is 1.62 bits per heavy atom. The van der Waals surface area contributed by atoms with Crippen LogP contribution in [0.5, 0.6) is 0 Å². The van der Waals surface area contributed by atoms with Crippen LogP contribution in [0.25, 0.3) is 0 Å². The van der Waals surface area contributed by atoms with Gasteiger partial charge in [0.15, 0.2) is 0 Å². The van der Waals surface area contributed by atoms with Gasteiger partial charge in [-0.2, -0.15) is 0 Å². The van der Waals surface area contributed by atoms with Gasteiger partial charge >= 0.3 is 5.97 Å². The van der Waals surface area contributed by atoms with Crippen LogP contribution in [0.1, 0.15) is 40.5 Å². The minimum Gasteiger partial charge on any atom is -0.480 e. The lowest BCUT2D eigenvalue weighted by molar-refractivity contribution is -0.150. The van der Waals surface area contributed by atoms with E-state index in [0.717, 1.165) is 0 Å². The van der Waals surface area contributed by atoms with E-state index in [0.29, 0.717) is 12.8 Å². The molecule has 1 N–H and O–H groups in total. The predicted octanol–water partition coefficient (Wildman–Crippen LogP) is 1.99. The summed E-state index contributed by atoms with van der Waals surface area (Å²) >= 11 is 0. The predicted molar refractivity (Wildman–Crippen MR) is 63.1 cm³/mol. The molecule has 4 heteroatoms. The van der Waals surface area contributed by atoms with Crippen molar-refractivity contribution < 1.29 is 14.7 Å². The number of nitrogens with zero attached hydrogens (tertiary/aromatic N) is 1. The first-order valence-electron chi connectivity index (χ1n) is 5.74. The van der Waals surface area contributed by atoms with Gasteiger partial charge in [-0.25, -0.2) is 4.79 Å². The Morgan fingerprint density at radius 1 is 1.12 bits per heavy atom. The van der Waals surface area contributed by atoms with Crippen molar-refractivity contribution in [3.8, 4) is 0 Å². The lowest BCUT2D eigenvalue weighted by atomic mass is 10.0. The number of rotatable bonds is 6. The molecule has 0 radical (unpaired) electrons. The van der Waals surface area contributed by atoms with E-state index < -0.39 is 12.0 Å². The molecule has 16 heavy (non-hydrogen) atoms. The van der Waals surface area contributed by atoms with E-state index in [-0.39, 0.29) is 17.7 Å². The van der Waals surface area contributed by atoms with E-state index in [2.05, 4.69) is 0 Å². The van der Waals surface area contributed by atoms with Gasteiger partial charge in [0, 0.05) is 13.5 Å². The number of carboxylic acids is 1. The standard InChI is InChI=1S/C12H23NO3/c1-8(2)6-10(12(15)16)13(5)11(14)7-9(3)4/h8-10H,6-7H2,1-5H3,(H,15,16). The maximum Gasteiger partial charge on any atom is 0.326 e. The highest BCUT2D eigenvalue weighted by Gasteiger charge is 2.27. The van der Waals surface area contributed by atoms with Gasteiger partial charge in [-0.3, -0.25) is 4.79 Å². The average Bonchev–Trinajstić information content (AvgIpc) is 2.11. The second kappa shape index (κ2) is 6.51. The number of likely N-dealkylation sites (N-methyl/N-ethyl adjacent to an activating group) is 1. The van der Waals surface area contributed by atoms with Crippen molar-refractivity contribution in [2.24, 2.45) is 11.8 Å². The highest BCUT2D eigenvalue weighted by atomic mass is 16.4. The Balaban J connectivity index is 4.54. The number of aliphatic carboxylic acids is 1. The molecule has 0 aromatic rings. The summed E-state index contributed by atoms with van der Waals surface area (Å²) in [6, 6.07) is -0.703. The lowest BCUT2D eigenvalue weighted by Crippen LogP contribution is -2.43. The fraction of sp³-hybridized carbons (Fsp3) is 0.833.